The van der Waals surface area contributed by atoms with Crippen molar-refractivity contribution < 1.29 is 9.21 Å². The summed E-state index contributed by atoms with van der Waals surface area (Å²) >= 11 is 0. The zero-order chi connectivity index (χ0) is 18.8. The van der Waals surface area contributed by atoms with Crippen molar-refractivity contribution in [2.75, 3.05) is 0 Å². The summed E-state index contributed by atoms with van der Waals surface area (Å²) in [5.74, 6) is 0.989. The average molecular weight is 357 g/mol. The van der Waals surface area contributed by atoms with Crippen LogP contribution in [0.2, 0.25) is 0 Å². The molecule has 0 fully saturated rings. The lowest BCUT2D eigenvalue weighted by atomic mass is 10.1. The van der Waals surface area contributed by atoms with Crippen molar-refractivity contribution in [3.05, 3.63) is 83.3 Å². The quantitative estimate of drug-likeness (QED) is 0.406. The van der Waals surface area contributed by atoms with Crippen LogP contribution in [-0.2, 0) is 0 Å². The number of fused-ring (bicyclic) bond motifs is 1. The topological polar surface area (TPSA) is 70.4 Å². The summed E-state index contributed by atoms with van der Waals surface area (Å²) in [6.07, 6.45) is 1.68. The molecule has 2 N–H and O–H groups in total. The molecule has 134 valence electrons. The minimum atomic E-state index is -0.290. The molecule has 2 heterocycles. The van der Waals surface area contributed by atoms with Crippen LogP contribution < -0.4 is 5.43 Å². The molecule has 2 aromatic carbocycles. The first-order valence-corrected chi connectivity index (χ1v) is 8.70. The molecule has 0 aliphatic carbocycles. The van der Waals surface area contributed by atoms with Gasteiger partial charge in [-0.05, 0) is 31.5 Å². The Kier molecular flexibility index (Phi) is 4.34. The van der Waals surface area contributed by atoms with Gasteiger partial charge in [0, 0.05) is 16.5 Å². The number of amides is 1. The van der Waals surface area contributed by atoms with Gasteiger partial charge in [0.25, 0.3) is 5.91 Å². The van der Waals surface area contributed by atoms with Gasteiger partial charge in [0.2, 0.25) is 0 Å². The number of hydrogen-bond acceptors (Lipinski definition) is 3. The van der Waals surface area contributed by atoms with Crippen LogP contribution in [0.1, 0.15) is 27.4 Å². The maximum atomic E-state index is 12.3. The molecule has 1 amide bonds. The Bertz CT molecular complexity index is 1140. The number of nitrogens with zero attached hydrogens (tertiary/aromatic N) is 1. The van der Waals surface area contributed by atoms with Crippen LogP contribution in [0.15, 0.2) is 70.2 Å². The standard InChI is InChI=1S/C22H19N3O2/c1-14-12-18(15(2)27-14)22(26)25-23-13-19-17-10-6-7-11-20(17)24-21(19)16-8-4-3-5-9-16/h3-13,24H,1-2H3,(H,25,26). The number of hydrazone groups is 1. The lowest BCUT2D eigenvalue weighted by Gasteiger charge is -2.01. The number of carbonyl (C=O) groups excluding carboxylic acids is 1. The van der Waals surface area contributed by atoms with E-state index in [0.29, 0.717) is 17.1 Å². The van der Waals surface area contributed by atoms with Gasteiger partial charge >= 0.3 is 0 Å². The first-order valence-electron chi connectivity index (χ1n) is 8.70. The summed E-state index contributed by atoms with van der Waals surface area (Å²) in [4.78, 5) is 15.8. The summed E-state index contributed by atoms with van der Waals surface area (Å²) < 4.78 is 5.40. The first kappa shape index (κ1) is 16.8. The lowest BCUT2D eigenvalue weighted by molar-refractivity contribution is 0.0953. The summed E-state index contributed by atoms with van der Waals surface area (Å²) in [5.41, 5.74) is 7.05. The van der Waals surface area contributed by atoms with Crippen molar-refractivity contribution in [2.45, 2.75) is 13.8 Å². The Morgan fingerprint density at radius 1 is 1.07 bits per heavy atom. The van der Waals surface area contributed by atoms with Crippen molar-refractivity contribution in [3.63, 3.8) is 0 Å². The summed E-state index contributed by atoms with van der Waals surface area (Å²) in [6, 6.07) is 19.8. The molecule has 27 heavy (non-hydrogen) atoms. The number of carbonyl (C=O) groups is 1. The third-order valence-electron chi connectivity index (χ3n) is 4.45. The van der Waals surface area contributed by atoms with E-state index < -0.39 is 0 Å². The lowest BCUT2D eigenvalue weighted by Crippen LogP contribution is -2.17. The van der Waals surface area contributed by atoms with Gasteiger partial charge in [0.15, 0.2) is 0 Å². The van der Waals surface area contributed by atoms with Gasteiger partial charge in [-0.2, -0.15) is 5.10 Å². The van der Waals surface area contributed by atoms with Crippen molar-refractivity contribution in [3.8, 4) is 11.3 Å². The second-order valence-electron chi connectivity index (χ2n) is 6.35. The van der Waals surface area contributed by atoms with Crippen LogP contribution in [0.5, 0.6) is 0 Å². The molecule has 0 aliphatic heterocycles. The SMILES string of the molecule is Cc1cc(C(=O)NN=Cc2c(-c3ccccc3)[nH]c3ccccc23)c(C)o1. The highest BCUT2D eigenvalue weighted by atomic mass is 16.3. The monoisotopic (exact) mass is 357 g/mol. The molecule has 0 radical (unpaired) electrons. The van der Waals surface area contributed by atoms with Crippen LogP contribution in [0.25, 0.3) is 22.2 Å². The molecule has 4 rings (SSSR count). The Morgan fingerprint density at radius 3 is 2.56 bits per heavy atom. The fourth-order valence-corrected chi connectivity index (χ4v) is 3.20. The maximum Gasteiger partial charge on any atom is 0.274 e. The summed E-state index contributed by atoms with van der Waals surface area (Å²) in [7, 11) is 0. The Balaban J connectivity index is 1.68. The van der Waals surface area contributed by atoms with E-state index in [1.165, 1.54) is 0 Å². The first-order chi connectivity index (χ1) is 13.1. The van der Waals surface area contributed by atoms with E-state index in [0.717, 1.165) is 27.7 Å². The van der Waals surface area contributed by atoms with Crippen LogP contribution in [0.3, 0.4) is 0 Å². The van der Waals surface area contributed by atoms with Gasteiger partial charge in [-0.1, -0.05) is 48.5 Å². The van der Waals surface area contributed by atoms with Gasteiger partial charge in [-0.25, -0.2) is 5.43 Å². The predicted octanol–water partition coefficient (Wildman–Crippen LogP) is 4.81. The largest absolute Gasteiger partial charge is 0.466 e. The molecule has 5 heteroatoms. The number of benzene rings is 2. The van der Waals surface area contributed by atoms with Gasteiger partial charge in [-0.3, -0.25) is 4.79 Å². The number of H-pyrrole nitrogens is 1. The van der Waals surface area contributed by atoms with Gasteiger partial charge in [0.05, 0.1) is 17.5 Å². The smallest absolute Gasteiger partial charge is 0.274 e. The number of aryl methyl sites for hydroxylation is 2. The van der Waals surface area contributed by atoms with Crippen molar-refractivity contribution in [2.24, 2.45) is 5.10 Å². The van der Waals surface area contributed by atoms with Crippen molar-refractivity contribution >= 4 is 23.0 Å². The van der Waals surface area contributed by atoms with E-state index in [-0.39, 0.29) is 5.91 Å². The van der Waals surface area contributed by atoms with E-state index in [4.69, 9.17) is 4.42 Å². The summed E-state index contributed by atoms with van der Waals surface area (Å²) in [6.45, 7) is 3.57. The minimum Gasteiger partial charge on any atom is -0.466 e. The van der Waals surface area contributed by atoms with Gasteiger partial charge < -0.3 is 9.40 Å². The fourth-order valence-electron chi connectivity index (χ4n) is 3.20. The van der Waals surface area contributed by atoms with Crippen LogP contribution in [0.4, 0.5) is 0 Å². The molecule has 0 aliphatic rings. The van der Waals surface area contributed by atoms with E-state index in [1.807, 2.05) is 61.5 Å². The predicted molar refractivity (Wildman–Crippen MR) is 107 cm³/mol. The summed E-state index contributed by atoms with van der Waals surface area (Å²) in [5, 5.41) is 5.24. The minimum absolute atomic E-state index is 0.290. The normalized spacial score (nSPS) is 11.3. The van der Waals surface area contributed by atoms with Gasteiger partial charge in [-0.15, -0.1) is 0 Å². The fraction of sp³-hybridized carbons (Fsp3) is 0.0909. The molecule has 4 aromatic rings. The zero-order valence-corrected chi connectivity index (χ0v) is 15.1. The van der Waals surface area contributed by atoms with E-state index in [1.54, 1.807) is 19.2 Å². The molecule has 0 saturated carbocycles. The highest BCUT2D eigenvalue weighted by Crippen LogP contribution is 2.28. The number of aromatic amines is 1. The third kappa shape index (κ3) is 3.27. The highest BCUT2D eigenvalue weighted by Gasteiger charge is 2.14. The molecule has 2 aromatic heterocycles. The maximum absolute atomic E-state index is 12.3. The Hall–Kier alpha value is -3.60. The number of para-hydroxylation sites is 1. The van der Waals surface area contributed by atoms with E-state index in [9.17, 15) is 4.79 Å². The molecule has 0 spiro atoms. The molecule has 0 atom stereocenters. The third-order valence-corrected chi connectivity index (χ3v) is 4.45. The molecule has 0 unspecified atom stereocenters. The average Bonchev–Trinajstić information content (AvgIpc) is 3.22. The molecular weight excluding hydrogens is 338 g/mol. The van der Waals surface area contributed by atoms with Crippen LogP contribution in [0, 0.1) is 13.8 Å². The molecule has 0 bridgehead atoms. The number of aromatic nitrogens is 1. The Labute approximate surface area is 156 Å². The van der Waals surface area contributed by atoms with Crippen molar-refractivity contribution in [1.29, 1.82) is 0 Å². The van der Waals surface area contributed by atoms with Crippen LogP contribution >= 0.6 is 0 Å². The number of furan rings is 1. The zero-order valence-electron chi connectivity index (χ0n) is 15.1. The van der Waals surface area contributed by atoms with E-state index >= 15 is 0 Å². The molecular formula is C22H19N3O2. The Morgan fingerprint density at radius 2 is 1.81 bits per heavy atom. The number of nitrogens with one attached hydrogen (secondary N) is 2. The van der Waals surface area contributed by atoms with Crippen molar-refractivity contribution in [1.82, 2.24) is 10.4 Å². The number of rotatable bonds is 4. The molecule has 0 saturated heterocycles. The number of hydrogen-bond donors (Lipinski definition) is 2. The van der Waals surface area contributed by atoms with Gasteiger partial charge in [0.1, 0.15) is 11.5 Å². The second-order valence-corrected chi connectivity index (χ2v) is 6.35. The highest BCUT2D eigenvalue weighted by molar-refractivity contribution is 6.06. The van der Waals surface area contributed by atoms with Crippen LogP contribution in [-0.4, -0.2) is 17.1 Å². The second kappa shape index (κ2) is 6.96. The molecule has 5 nitrogen and oxygen atoms in total. The van der Waals surface area contributed by atoms with E-state index in [2.05, 4.69) is 15.5 Å².